The Bertz CT molecular complexity index is 1610. The minimum atomic E-state index is -1.35. The van der Waals surface area contributed by atoms with Gasteiger partial charge in [-0.25, -0.2) is 14.2 Å². The summed E-state index contributed by atoms with van der Waals surface area (Å²) < 4.78 is 18.3. The average molecular weight is 519 g/mol. The second-order valence-corrected chi connectivity index (χ2v) is 9.42. The number of anilines is 1. The first kappa shape index (κ1) is 23.9. The van der Waals surface area contributed by atoms with E-state index in [2.05, 4.69) is 20.5 Å². The molecule has 1 saturated heterocycles. The molecule has 4 heterocycles. The molecule has 2 fully saturated rings. The smallest absolute Gasteiger partial charge is 0.341 e. The lowest BCUT2D eigenvalue weighted by molar-refractivity contribution is 0.0694. The van der Waals surface area contributed by atoms with Crippen LogP contribution in [0.4, 0.5) is 10.2 Å². The normalized spacial score (nSPS) is 16.2. The molecule has 0 unspecified atom stereocenters. The Labute approximate surface area is 214 Å². The Morgan fingerprint density at radius 1 is 1.08 bits per heavy atom. The van der Waals surface area contributed by atoms with Gasteiger partial charge < -0.3 is 14.6 Å². The molecule has 3 aromatic heterocycles. The fourth-order valence-electron chi connectivity index (χ4n) is 4.74. The van der Waals surface area contributed by atoms with Crippen LogP contribution in [0.25, 0.3) is 16.7 Å². The largest absolute Gasteiger partial charge is 0.477 e. The zero-order chi connectivity index (χ0) is 26.4. The van der Waals surface area contributed by atoms with Crippen LogP contribution in [0, 0.1) is 5.82 Å². The molecular formula is C25H23FN8O4. The molecule has 1 N–H and O–H groups in total. The Kier molecular flexibility index (Phi) is 5.91. The van der Waals surface area contributed by atoms with Crippen molar-refractivity contribution in [2.75, 3.05) is 37.6 Å². The summed E-state index contributed by atoms with van der Waals surface area (Å²) in [4.78, 5) is 45.4. The number of para-hydroxylation sites is 1. The van der Waals surface area contributed by atoms with Crippen LogP contribution in [0.15, 0.2) is 47.4 Å². The van der Waals surface area contributed by atoms with E-state index in [0.29, 0.717) is 31.9 Å². The van der Waals surface area contributed by atoms with Crippen molar-refractivity contribution in [1.29, 1.82) is 0 Å². The number of aromatic carboxylic acids is 1. The predicted molar refractivity (Wildman–Crippen MR) is 133 cm³/mol. The lowest BCUT2D eigenvalue weighted by atomic mass is 10.1. The number of piperazine rings is 1. The number of Topliss-reactive ketones (excluding diaryl/α,β-unsaturated/α-hetero) is 1. The van der Waals surface area contributed by atoms with E-state index in [1.54, 1.807) is 9.47 Å². The highest BCUT2D eigenvalue weighted by Crippen LogP contribution is 2.37. The fourth-order valence-corrected chi connectivity index (χ4v) is 4.74. The second kappa shape index (κ2) is 9.41. The number of fused-ring (bicyclic) bond motifs is 1. The molecule has 194 valence electrons. The topological polar surface area (TPSA) is 139 Å². The van der Waals surface area contributed by atoms with Gasteiger partial charge in [0.2, 0.25) is 17.0 Å². The summed E-state index contributed by atoms with van der Waals surface area (Å²) >= 11 is 0. The molecule has 13 heteroatoms. The minimum Gasteiger partial charge on any atom is -0.477 e. The van der Waals surface area contributed by atoms with Crippen molar-refractivity contribution in [2.24, 2.45) is 0 Å². The van der Waals surface area contributed by atoms with Crippen LogP contribution in [-0.2, 0) is 0 Å². The number of benzene rings is 1. The third kappa shape index (κ3) is 4.30. The first-order valence-electron chi connectivity index (χ1n) is 12.2. The highest BCUT2D eigenvalue weighted by atomic mass is 19.1. The Morgan fingerprint density at radius 3 is 2.50 bits per heavy atom. The first-order valence-corrected chi connectivity index (χ1v) is 12.2. The summed E-state index contributed by atoms with van der Waals surface area (Å²) in [5.74, 6) is -2.02. The molecule has 38 heavy (non-hydrogen) atoms. The van der Waals surface area contributed by atoms with Gasteiger partial charge in [-0.2, -0.15) is 4.68 Å². The number of tetrazole rings is 1. The summed E-state index contributed by atoms with van der Waals surface area (Å²) in [6, 6.07) is 10.3. The molecule has 2 aliphatic rings. The quantitative estimate of drug-likeness (QED) is 0.359. The van der Waals surface area contributed by atoms with Gasteiger partial charge in [0.25, 0.3) is 0 Å². The molecule has 6 rings (SSSR count). The van der Waals surface area contributed by atoms with Gasteiger partial charge >= 0.3 is 5.97 Å². The maximum absolute atomic E-state index is 15.2. The van der Waals surface area contributed by atoms with Gasteiger partial charge in [0.05, 0.1) is 17.6 Å². The summed E-state index contributed by atoms with van der Waals surface area (Å²) in [6.07, 6.45) is 2.99. The molecule has 1 aliphatic carbocycles. The summed E-state index contributed by atoms with van der Waals surface area (Å²) in [5.41, 5.74) is -0.175. The van der Waals surface area contributed by atoms with E-state index in [4.69, 9.17) is 0 Å². The molecule has 0 atom stereocenters. The number of carboxylic acids is 1. The highest BCUT2D eigenvalue weighted by molar-refractivity contribution is 5.94. The van der Waals surface area contributed by atoms with Crippen LogP contribution in [0.2, 0.25) is 0 Å². The van der Waals surface area contributed by atoms with Gasteiger partial charge in [-0.05, 0) is 41.5 Å². The molecule has 12 nitrogen and oxygen atoms in total. The molecular weight excluding hydrogens is 495 g/mol. The maximum Gasteiger partial charge on any atom is 0.341 e. The van der Waals surface area contributed by atoms with Crippen molar-refractivity contribution >= 4 is 28.6 Å². The molecule has 4 aromatic rings. The number of carboxylic acid groups (broad SMARTS) is 1. The molecule has 0 amide bonds. The van der Waals surface area contributed by atoms with Crippen LogP contribution in [0.1, 0.15) is 39.9 Å². The molecule has 1 aromatic carbocycles. The third-order valence-electron chi connectivity index (χ3n) is 6.87. The number of halogens is 1. The molecule has 0 spiro atoms. The number of rotatable bonds is 7. The summed E-state index contributed by atoms with van der Waals surface area (Å²) in [6.45, 7) is 1.88. The number of pyridine rings is 2. The van der Waals surface area contributed by atoms with Crippen LogP contribution < -0.4 is 10.3 Å². The lowest BCUT2D eigenvalue weighted by Gasteiger charge is -2.35. The van der Waals surface area contributed by atoms with Gasteiger partial charge in [0.1, 0.15) is 11.2 Å². The van der Waals surface area contributed by atoms with Crippen LogP contribution in [0.5, 0.6) is 0 Å². The predicted octanol–water partition coefficient (Wildman–Crippen LogP) is 1.55. The second-order valence-electron chi connectivity index (χ2n) is 9.42. The van der Waals surface area contributed by atoms with E-state index in [1.807, 2.05) is 35.2 Å². The van der Waals surface area contributed by atoms with Crippen molar-refractivity contribution in [3.8, 4) is 5.69 Å². The van der Waals surface area contributed by atoms with Crippen LogP contribution in [0.3, 0.4) is 0 Å². The highest BCUT2D eigenvalue weighted by Gasteiger charge is 2.30. The SMILES string of the molecule is O=C(O)c1cn(C2CC2)c2nc(N3CCN(CC(=O)c4nnnn4-c4ccccc4)CC3)c(F)cc2c1=O. The summed E-state index contributed by atoms with van der Waals surface area (Å²) in [5, 5.41) is 20.9. The van der Waals surface area contributed by atoms with E-state index in [-0.39, 0.29) is 41.0 Å². The maximum atomic E-state index is 15.2. The summed E-state index contributed by atoms with van der Waals surface area (Å²) in [7, 11) is 0. The molecule has 0 radical (unpaired) electrons. The van der Waals surface area contributed by atoms with E-state index < -0.39 is 22.8 Å². The Hall–Kier alpha value is -4.52. The van der Waals surface area contributed by atoms with Crippen molar-refractivity contribution < 1.29 is 19.1 Å². The number of ketones is 1. The minimum absolute atomic E-state index is 0.0392. The van der Waals surface area contributed by atoms with Gasteiger partial charge in [0, 0.05) is 38.4 Å². The Balaban J connectivity index is 1.20. The number of carbonyl (C=O) groups is 2. The van der Waals surface area contributed by atoms with E-state index in [0.717, 1.165) is 18.9 Å². The number of aromatic nitrogens is 6. The monoisotopic (exact) mass is 518 g/mol. The lowest BCUT2D eigenvalue weighted by Crippen LogP contribution is -2.48. The zero-order valence-electron chi connectivity index (χ0n) is 20.2. The fraction of sp³-hybridized carbons (Fsp3) is 0.320. The van der Waals surface area contributed by atoms with Gasteiger partial charge in [0.15, 0.2) is 11.6 Å². The average Bonchev–Trinajstić information content (AvgIpc) is 3.64. The van der Waals surface area contributed by atoms with Crippen LogP contribution >= 0.6 is 0 Å². The van der Waals surface area contributed by atoms with Gasteiger partial charge in [-0.1, -0.05) is 18.2 Å². The van der Waals surface area contributed by atoms with Gasteiger partial charge in [-0.15, -0.1) is 5.10 Å². The van der Waals surface area contributed by atoms with E-state index in [9.17, 15) is 19.5 Å². The number of nitrogens with zero attached hydrogens (tertiary/aromatic N) is 8. The number of carbonyl (C=O) groups excluding carboxylic acids is 1. The zero-order valence-corrected chi connectivity index (χ0v) is 20.2. The standard InChI is InChI=1S/C25H23FN8O4/c26-19-12-17-21(36)18(25(37)38)13-33(15-6-7-15)22(17)27-23(19)32-10-8-31(9-11-32)14-20(35)24-28-29-30-34(24)16-4-2-1-3-5-16/h1-5,12-13,15H,6-11,14H2,(H,37,38). The van der Waals surface area contributed by atoms with Crippen molar-refractivity contribution in [2.45, 2.75) is 18.9 Å². The van der Waals surface area contributed by atoms with Crippen molar-refractivity contribution in [1.82, 2.24) is 34.7 Å². The Morgan fingerprint density at radius 2 is 1.82 bits per heavy atom. The number of hydrogen-bond acceptors (Lipinski definition) is 9. The van der Waals surface area contributed by atoms with E-state index in [1.165, 1.54) is 10.9 Å². The van der Waals surface area contributed by atoms with E-state index >= 15 is 4.39 Å². The molecule has 0 bridgehead atoms. The first-order chi connectivity index (χ1) is 18.4. The van der Waals surface area contributed by atoms with Crippen molar-refractivity contribution in [3.05, 3.63) is 70.0 Å². The molecule has 1 saturated carbocycles. The molecule has 1 aliphatic heterocycles. The van der Waals surface area contributed by atoms with Crippen molar-refractivity contribution in [3.63, 3.8) is 0 Å². The van der Waals surface area contributed by atoms with Crippen LogP contribution in [-0.4, -0.2) is 84.2 Å². The number of hydrogen-bond donors (Lipinski definition) is 1. The third-order valence-corrected chi connectivity index (χ3v) is 6.87. The van der Waals surface area contributed by atoms with Gasteiger partial charge in [-0.3, -0.25) is 14.5 Å².